The fraction of sp³-hybridized carbons (Fsp3) is 0.333. The number of carbonyl (C=O) groups excluding carboxylic acids is 1. The Morgan fingerprint density at radius 2 is 2.35 bits per heavy atom. The lowest BCUT2D eigenvalue weighted by atomic mass is 9.72. The third-order valence-corrected chi connectivity index (χ3v) is 2.71. The van der Waals surface area contributed by atoms with Gasteiger partial charge in [-0.3, -0.25) is 4.79 Å². The summed E-state index contributed by atoms with van der Waals surface area (Å²) in [5.41, 5.74) is 1.02. The Balaban J connectivity index is 2.73. The second-order valence-corrected chi connectivity index (χ2v) is 4.25. The first-order valence-electron chi connectivity index (χ1n) is 5.36. The number of carbonyl (C=O) groups is 1. The third kappa shape index (κ3) is 3.79. The average Bonchev–Trinajstić information content (AvgIpc) is 2.29. The first-order valence-corrected chi connectivity index (χ1v) is 5.74. The van der Waals surface area contributed by atoms with Crippen molar-refractivity contribution in [3.8, 4) is 6.07 Å². The molecule has 87 valence electrons. The van der Waals surface area contributed by atoms with Crippen molar-refractivity contribution in [2.75, 3.05) is 5.32 Å². The Morgan fingerprint density at radius 1 is 1.65 bits per heavy atom. The molecule has 0 heterocycles. The van der Waals surface area contributed by atoms with Crippen LogP contribution in [0, 0.1) is 17.2 Å². The SMILES string of the molecule is C[B]C[C@@H](C)C(=O)Nc1ccc(C#N)c(Cl)c1. The molecule has 5 heteroatoms. The Labute approximate surface area is 107 Å². The number of amides is 1. The summed E-state index contributed by atoms with van der Waals surface area (Å²) in [6.45, 7) is 3.78. The molecule has 1 rings (SSSR count). The molecular formula is C12H13BClN2O. The van der Waals surface area contributed by atoms with Crippen LogP contribution in [0.2, 0.25) is 18.2 Å². The highest BCUT2D eigenvalue weighted by Gasteiger charge is 2.12. The van der Waals surface area contributed by atoms with Gasteiger partial charge >= 0.3 is 0 Å². The number of hydrogen-bond acceptors (Lipinski definition) is 2. The van der Waals surface area contributed by atoms with E-state index in [0.717, 1.165) is 6.32 Å². The summed E-state index contributed by atoms with van der Waals surface area (Å²) in [5, 5.41) is 11.8. The van der Waals surface area contributed by atoms with Crippen LogP contribution in [0.3, 0.4) is 0 Å². The molecule has 1 aromatic rings. The highest BCUT2D eigenvalue weighted by atomic mass is 35.5. The van der Waals surface area contributed by atoms with E-state index in [1.165, 1.54) is 0 Å². The molecule has 1 amide bonds. The molecule has 1 radical (unpaired) electrons. The number of benzene rings is 1. The Kier molecular flexibility index (Phi) is 5.05. The highest BCUT2D eigenvalue weighted by Crippen LogP contribution is 2.20. The van der Waals surface area contributed by atoms with Crippen molar-refractivity contribution in [3.05, 3.63) is 28.8 Å². The molecule has 0 aliphatic heterocycles. The molecule has 3 nitrogen and oxygen atoms in total. The van der Waals surface area contributed by atoms with E-state index >= 15 is 0 Å². The van der Waals surface area contributed by atoms with Crippen molar-refractivity contribution in [2.45, 2.75) is 20.1 Å². The summed E-state index contributed by atoms with van der Waals surface area (Å²) >= 11 is 5.87. The second-order valence-electron chi connectivity index (χ2n) is 3.84. The minimum Gasteiger partial charge on any atom is -0.326 e. The topological polar surface area (TPSA) is 52.9 Å². The zero-order chi connectivity index (χ0) is 12.8. The summed E-state index contributed by atoms with van der Waals surface area (Å²) < 4.78 is 0. The number of halogens is 1. The quantitative estimate of drug-likeness (QED) is 0.832. The van der Waals surface area contributed by atoms with Crippen LogP contribution >= 0.6 is 11.6 Å². The van der Waals surface area contributed by atoms with Gasteiger partial charge in [0.2, 0.25) is 5.91 Å². The molecule has 1 N–H and O–H groups in total. The van der Waals surface area contributed by atoms with Crippen LogP contribution in [0.15, 0.2) is 18.2 Å². The highest BCUT2D eigenvalue weighted by molar-refractivity contribution is 6.34. The number of hydrogen-bond donors (Lipinski definition) is 1. The molecule has 0 bridgehead atoms. The molecule has 0 aliphatic carbocycles. The van der Waals surface area contributed by atoms with E-state index in [9.17, 15) is 4.79 Å². The minimum absolute atomic E-state index is 0.0520. The Morgan fingerprint density at radius 3 is 2.88 bits per heavy atom. The zero-order valence-electron chi connectivity index (χ0n) is 9.83. The van der Waals surface area contributed by atoms with Crippen molar-refractivity contribution in [3.63, 3.8) is 0 Å². The van der Waals surface area contributed by atoms with E-state index in [4.69, 9.17) is 16.9 Å². The summed E-state index contributed by atoms with van der Waals surface area (Å²) in [4.78, 5) is 11.7. The normalized spacial score (nSPS) is 11.4. The predicted octanol–water partition coefficient (Wildman–Crippen LogP) is 2.96. The van der Waals surface area contributed by atoms with Crippen LogP contribution in [-0.4, -0.2) is 13.2 Å². The summed E-state index contributed by atoms with van der Waals surface area (Å²) in [6.07, 6.45) is 0.732. The molecule has 0 aliphatic rings. The lowest BCUT2D eigenvalue weighted by molar-refractivity contribution is -0.118. The van der Waals surface area contributed by atoms with E-state index in [2.05, 4.69) is 5.32 Å². The van der Waals surface area contributed by atoms with Gasteiger partial charge in [-0.15, -0.1) is 0 Å². The number of rotatable bonds is 4. The maximum atomic E-state index is 11.7. The lowest BCUT2D eigenvalue weighted by Gasteiger charge is -2.11. The molecule has 0 saturated carbocycles. The molecule has 0 fully saturated rings. The molecule has 0 unspecified atom stereocenters. The van der Waals surface area contributed by atoms with E-state index in [1.807, 2.05) is 27.1 Å². The van der Waals surface area contributed by atoms with Gasteiger partial charge in [-0.05, 0) is 18.2 Å². The maximum Gasteiger partial charge on any atom is 0.226 e. The van der Waals surface area contributed by atoms with Gasteiger partial charge in [-0.25, -0.2) is 0 Å². The van der Waals surface area contributed by atoms with Gasteiger partial charge in [0, 0.05) is 11.6 Å². The van der Waals surface area contributed by atoms with E-state index in [-0.39, 0.29) is 11.8 Å². The van der Waals surface area contributed by atoms with Gasteiger partial charge < -0.3 is 5.32 Å². The van der Waals surface area contributed by atoms with E-state index in [0.29, 0.717) is 16.3 Å². The molecule has 1 aromatic carbocycles. The monoisotopic (exact) mass is 247 g/mol. The first kappa shape index (κ1) is 13.6. The summed E-state index contributed by atoms with van der Waals surface area (Å²) in [6, 6.07) is 6.82. The van der Waals surface area contributed by atoms with E-state index in [1.54, 1.807) is 18.2 Å². The molecule has 1 atom stereocenters. The molecule has 0 spiro atoms. The maximum absolute atomic E-state index is 11.7. The molecular weight excluding hydrogens is 234 g/mol. The van der Waals surface area contributed by atoms with Crippen LogP contribution in [0.1, 0.15) is 12.5 Å². The van der Waals surface area contributed by atoms with Crippen LogP contribution in [0.25, 0.3) is 0 Å². The Bertz CT molecular complexity index is 456. The third-order valence-electron chi connectivity index (χ3n) is 2.39. The largest absolute Gasteiger partial charge is 0.326 e. The van der Waals surface area contributed by atoms with Crippen molar-refractivity contribution in [1.29, 1.82) is 5.26 Å². The predicted molar refractivity (Wildman–Crippen MR) is 70.4 cm³/mol. The number of nitriles is 1. The van der Waals surface area contributed by atoms with Gasteiger partial charge in [0.15, 0.2) is 0 Å². The zero-order valence-corrected chi connectivity index (χ0v) is 10.6. The van der Waals surface area contributed by atoms with Gasteiger partial charge in [0.05, 0.1) is 10.6 Å². The fourth-order valence-electron chi connectivity index (χ4n) is 1.41. The Hall–Kier alpha value is -1.47. The van der Waals surface area contributed by atoms with Crippen LogP contribution in [0.4, 0.5) is 5.69 Å². The van der Waals surface area contributed by atoms with Crippen LogP contribution in [0.5, 0.6) is 0 Å². The summed E-state index contributed by atoms with van der Waals surface area (Å²) in [5.74, 6) is -0.127. The van der Waals surface area contributed by atoms with Gasteiger partial charge in [0.25, 0.3) is 0 Å². The van der Waals surface area contributed by atoms with Crippen LogP contribution in [-0.2, 0) is 4.79 Å². The molecule has 17 heavy (non-hydrogen) atoms. The van der Waals surface area contributed by atoms with E-state index < -0.39 is 0 Å². The lowest BCUT2D eigenvalue weighted by Crippen LogP contribution is -2.20. The minimum atomic E-state index is -0.0746. The second kappa shape index (κ2) is 6.31. The van der Waals surface area contributed by atoms with Crippen molar-refractivity contribution >= 4 is 30.5 Å². The fourth-order valence-corrected chi connectivity index (χ4v) is 1.63. The average molecular weight is 248 g/mol. The van der Waals surface area contributed by atoms with Gasteiger partial charge in [0.1, 0.15) is 13.3 Å². The molecule has 0 saturated heterocycles. The smallest absolute Gasteiger partial charge is 0.226 e. The van der Waals surface area contributed by atoms with Gasteiger partial charge in [-0.1, -0.05) is 31.7 Å². The number of nitrogens with zero attached hydrogens (tertiary/aromatic N) is 1. The summed E-state index contributed by atoms with van der Waals surface area (Å²) in [7, 11) is 1.95. The number of nitrogens with one attached hydrogen (secondary N) is 1. The standard InChI is InChI=1S/C12H13BClN2O/c1-8(6-13-2)12(17)16-10-4-3-9(7-15)11(14)5-10/h3-5,8H,6H2,1-2H3,(H,16,17)/t8-/m1/s1. The molecule has 0 aromatic heterocycles. The van der Waals surface area contributed by atoms with Crippen molar-refractivity contribution < 1.29 is 4.79 Å². The van der Waals surface area contributed by atoms with Gasteiger partial charge in [-0.2, -0.15) is 5.26 Å². The van der Waals surface area contributed by atoms with Crippen LogP contribution < -0.4 is 5.32 Å². The first-order chi connectivity index (χ1) is 8.08. The van der Waals surface area contributed by atoms with Crippen molar-refractivity contribution in [2.24, 2.45) is 5.92 Å². The number of anilines is 1. The van der Waals surface area contributed by atoms with Crippen molar-refractivity contribution in [1.82, 2.24) is 0 Å².